The summed E-state index contributed by atoms with van der Waals surface area (Å²) in [5.41, 5.74) is -0.131. The van der Waals surface area contributed by atoms with E-state index >= 15 is 0 Å². The number of nitrogens with zero attached hydrogens (tertiary/aromatic N) is 1. The van der Waals surface area contributed by atoms with E-state index in [1.807, 2.05) is 0 Å². The second-order valence-electron chi connectivity index (χ2n) is 6.39. The summed E-state index contributed by atoms with van der Waals surface area (Å²) in [4.78, 5) is 2.62. The van der Waals surface area contributed by atoms with Crippen LogP contribution in [0.3, 0.4) is 0 Å². The summed E-state index contributed by atoms with van der Waals surface area (Å²) in [7, 11) is 0. The summed E-state index contributed by atoms with van der Waals surface area (Å²) in [6.45, 7) is 11.2. The van der Waals surface area contributed by atoms with Crippen LogP contribution in [0, 0.1) is 0 Å². The lowest BCUT2D eigenvalue weighted by atomic mass is 9.97. The molecule has 0 spiro atoms. The first-order valence-electron chi connectivity index (χ1n) is 7.63. The van der Waals surface area contributed by atoms with Crippen LogP contribution in [-0.4, -0.2) is 47.3 Å². The Kier molecular flexibility index (Phi) is 6.61. The molecule has 18 heavy (non-hydrogen) atoms. The van der Waals surface area contributed by atoms with Crippen molar-refractivity contribution >= 4 is 0 Å². The number of aliphatic hydroxyl groups is 1. The van der Waals surface area contributed by atoms with E-state index in [4.69, 9.17) is 0 Å². The molecule has 0 heterocycles. The molecule has 3 nitrogen and oxygen atoms in total. The fraction of sp³-hybridized carbons (Fsp3) is 1.00. The standard InChI is InChI=1S/C15H32N2O/c1-5-6-10-17(14-7-8-14)11-9-15(4,12-18)16-13(2)3/h13-14,16,18H,5-12H2,1-4H3. The van der Waals surface area contributed by atoms with E-state index in [1.165, 1.54) is 32.2 Å². The summed E-state index contributed by atoms with van der Waals surface area (Å²) >= 11 is 0. The fourth-order valence-electron chi connectivity index (χ4n) is 2.56. The topological polar surface area (TPSA) is 35.5 Å². The van der Waals surface area contributed by atoms with Crippen LogP contribution in [0.1, 0.15) is 59.8 Å². The van der Waals surface area contributed by atoms with Gasteiger partial charge in [-0.05, 0) is 39.2 Å². The zero-order chi connectivity index (χ0) is 13.6. The Morgan fingerprint density at radius 2 is 2.00 bits per heavy atom. The highest BCUT2D eigenvalue weighted by Crippen LogP contribution is 2.28. The van der Waals surface area contributed by atoms with Crippen molar-refractivity contribution in [2.45, 2.75) is 77.4 Å². The molecule has 1 aliphatic rings. The molecule has 0 aromatic carbocycles. The smallest absolute Gasteiger partial charge is 0.0611 e. The lowest BCUT2D eigenvalue weighted by molar-refractivity contribution is 0.135. The van der Waals surface area contributed by atoms with Crippen molar-refractivity contribution in [3.05, 3.63) is 0 Å². The Morgan fingerprint density at radius 3 is 2.44 bits per heavy atom. The van der Waals surface area contributed by atoms with Gasteiger partial charge in [0, 0.05) is 24.2 Å². The maximum Gasteiger partial charge on any atom is 0.0611 e. The second-order valence-corrected chi connectivity index (χ2v) is 6.39. The van der Waals surface area contributed by atoms with Gasteiger partial charge in [-0.3, -0.25) is 0 Å². The van der Waals surface area contributed by atoms with Gasteiger partial charge in [-0.1, -0.05) is 27.2 Å². The van der Waals surface area contributed by atoms with Crippen LogP contribution in [0.4, 0.5) is 0 Å². The van der Waals surface area contributed by atoms with Crippen molar-refractivity contribution in [3.8, 4) is 0 Å². The van der Waals surface area contributed by atoms with Gasteiger partial charge >= 0.3 is 0 Å². The molecule has 108 valence electrons. The molecule has 1 aliphatic carbocycles. The normalized spacial score (nSPS) is 19.5. The average Bonchev–Trinajstić information content (AvgIpc) is 3.12. The number of unbranched alkanes of at least 4 members (excludes halogenated alkanes) is 1. The first kappa shape index (κ1) is 15.9. The van der Waals surface area contributed by atoms with Crippen LogP contribution in [0.2, 0.25) is 0 Å². The maximum absolute atomic E-state index is 9.60. The fourth-order valence-corrected chi connectivity index (χ4v) is 2.56. The third kappa shape index (κ3) is 5.68. The molecule has 0 aromatic rings. The highest BCUT2D eigenvalue weighted by Gasteiger charge is 2.31. The molecule has 0 bridgehead atoms. The lowest BCUT2D eigenvalue weighted by Crippen LogP contribution is -2.51. The van der Waals surface area contributed by atoms with Gasteiger partial charge in [-0.25, -0.2) is 0 Å². The zero-order valence-corrected chi connectivity index (χ0v) is 12.7. The number of aliphatic hydroxyl groups excluding tert-OH is 1. The lowest BCUT2D eigenvalue weighted by Gasteiger charge is -2.34. The third-order valence-electron chi connectivity index (χ3n) is 3.80. The van der Waals surface area contributed by atoms with Gasteiger partial charge in [0.05, 0.1) is 6.61 Å². The predicted octanol–water partition coefficient (Wildman–Crippen LogP) is 2.39. The molecule has 0 aliphatic heterocycles. The SMILES string of the molecule is CCCCN(CCC(C)(CO)NC(C)C)C1CC1. The van der Waals surface area contributed by atoms with Crippen molar-refractivity contribution in [2.75, 3.05) is 19.7 Å². The van der Waals surface area contributed by atoms with Crippen LogP contribution in [-0.2, 0) is 0 Å². The second kappa shape index (κ2) is 7.46. The first-order valence-corrected chi connectivity index (χ1v) is 7.63. The van der Waals surface area contributed by atoms with Gasteiger partial charge in [0.25, 0.3) is 0 Å². The molecule has 0 amide bonds. The largest absolute Gasteiger partial charge is 0.394 e. The van der Waals surface area contributed by atoms with Crippen molar-refractivity contribution in [3.63, 3.8) is 0 Å². The van der Waals surface area contributed by atoms with E-state index in [9.17, 15) is 5.11 Å². The molecule has 0 radical (unpaired) electrons. The van der Waals surface area contributed by atoms with Gasteiger partial charge < -0.3 is 15.3 Å². The molecule has 1 rings (SSSR count). The third-order valence-corrected chi connectivity index (χ3v) is 3.80. The minimum atomic E-state index is -0.131. The number of rotatable bonds is 10. The molecule has 0 aromatic heterocycles. The molecular formula is C15H32N2O. The van der Waals surface area contributed by atoms with E-state index < -0.39 is 0 Å². The van der Waals surface area contributed by atoms with Crippen molar-refractivity contribution in [1.29, 1.82) is 0 Å². The van der Waals surface area contributed by atoms with Crippen LogP contribution in [0.25, 0.3) is 0 Å². The van der Waals surface area contributed by atoms with Crippen LogP contribution < -0.4 is 5.32 Å². The zero-order valence-electron chi connectivity index (χ0n) is 12.7. The molecule has 3 heteroatoms. The van der Waals surface area contributed by atoms with Gasteiger partial charge in [-0.2, -0.15) is 0 Å². The Balaban J connectivity index is 2.38. The summed E-state index contributed by atoms with van der Waals surface area (Å²) < 4.78 is 0. The molecule has 1 unspecified atom stereocenters. The van der Waals surface area contributed by atoms with E-state index in [2.05, 4.69) is 37.9 Å². The van der Waals surface area contributed by atoms with Gasteiger partial charge in [-0.15, -0.1) is 0 Å². The quantitative estimate of drug-likeness (QED) is 0.630. The minimum Gasteiger partial charge on any atom is -0.394 e. The molecular weight excluding hydrogens is 224 g/mol. The van der Waals surface area contributed by atoms with E-state index in [0.29, 0.717) is 6.04 Å². The van der Waals surface area contributed by atoms with Crippen molar-refractivity contribution < 1.29 is 5.11 Å². The Hall–Kier alpha value is -0.120. The average molecular weight is 256 g/mol. The van der Waals surface area contributed by atoms with Crippen LogP contribution >= 0.6 is 0 Å². The number of hydrogen-bond donors (Lipinski definition) is 2. The van der Waals surface area contributed by atoms with Crippen molar-refractivity contribution in [1.82, 2.24) is 10.2 Å². The molecule has 0 saturated heterocycles. The van der Waals surface area contributed by atoms with E-state index in [0.717, 1.165) is 19.0 Å². The van der Waals surface area contributed by atoms with Gasteiger partial charge in [0.2, 0.25) is 0 Å². The molecule has 2 N–H and O–H groups in total. The number of nitrogens with one attached hydrogen (secondary N) is 1. The minimum absolute atomic E-state index is 0.131. The first-order chi connectivity index (χ1) is 8.50. The van der Waals surface area contributed by atoms with E-state index in [-0.39, 0.29) is 12.1 Å². The number of hydrogen-bond acceptors (Lipinski definition) is 3. The highest BCUT2D eigenvalue weighted by molar-refractivity contribution is 4.89. The molecule has 1 fully saturated rings. The molecule has 1 saturated carbocycles. The van der Waals surface area contributed by atoms with Crippen LogP contribution in [0.5, 0.6) is 0 Å². The highest BCUT2D eigenvalue weighted by atomic mass is 16.3. The Bertz CT molecular complexity index is 229. The summed E-state index contributed by atoms with van der Waals surface area (Å²) in [6.07, 6.45) is 6.34. The Labute approximate surface area is 113 Å². The predicted molar refractivity (Wildman–Crippen MR) is 77.9 cm³/mol. The summed E-state index contributed by atoms with van der Waals surface area (Å²) in [5, 5.41) is 13.1. The monoisotopic (exact) mass is 256 g/mol. The van der Waals surface area contributed by atoms with Crippen LogP contribution in [0.15, 0.2) is 0 Å². The maximum atomic E-state index is 9.60. The van der Waals surface area contributed by atoms with Gasteiger partial charge in [0.1, 0.15) is 0 Å². The van der Waals surface area contributed by atoms with Gasteiger partial charge in [0.15, 0.2) is 0 Å². The van der Waals surface area contributed by atoms with Crippen molar-refractivity contribution in [2.24, 2.45) is 0 Å². The summed E-state index contributed by atoms with van der Waals surface area (Å²) in [5.74, 6) is 0. The Morgan fingerprint density at radius 1 is 1.33 bits per heavy atom. The summed E-state index contributed by atoms with van der Waals surface area (Å²) in [6, 6.07) is 1.26. The van der Waals surface area contributed by atoms with E-state index in [1.54, 1.807) is 0 Å². The molecule has 1 atom stereocenters.